The normalized spacial score (nSPS) is 11.0. The van der Waals surface area contributed by atoms with Crippen LogP contribution in [0.5, 0.6) is 0 Å². The molecule has 4 nitrogen and oxygen atoms in total. The van der Waals surface area contributed by atoms with Gasteiger partial charge < -0.3 is 10.2 Å². The van der Waals surface area contributed by atoms with Crippen molar-refractivity contribution in [2.75, 3.05) is 23.8 Å². The number of rotatable bonds is 6. The molecule has 0 amide bonds. The molecule has 0 spiro atoms. The van der Waals surface area contributed by atoms with E-state index < -0.39 is 0 Å². The molecule has 0 bridgehead atoms. The molecular formula is C23H27BrN4. The molecule has 0 fully saturated rings. The first-order valence-corrected chi connectivity index (χ1v) is 10.4. The van der Waals surface area contributed by atoms with Gasteiger partial charge in [-0.1, -0.05) is 38.1 Å². The van der Waals surface area contributed by atoms with E-state index in [2.05, 4.69) is 77.2 Å². The smallest absolute Gasteiger partial charge is 0.230 e. The van der Waals surface area contributed by atoms with Gasteiger partial charge in [0.1, 0.15) is 0 Å². The average molecular weight is 439 g/mol. The van der Waals surface area contributed by atoms with Crippen molar-refractivity contribution in [1.82, 2.24) is 9.97 Å². The zero-order chi connectivity index (χ0) is 20.3. The quantitative estimate of drug-likeness (QED) is 0.474. The van der Waals surface area contributed by atoms with Crippen LogP contribution in [-0.4, -0.2) is 23.6 Å². The Morgan fingerprint density at radius 3 is 2.46 bits per heavy atom. The number of benzene rings is 2. The molecule has 3 rings (SSSR count). The largest absolute Gasteiger partial charge is 0.388 e. The average Bonchev–Trinajstić information content (AvgIpc) is 2.69. The van der Waals surface area contributed by atoms with Crippen LogP contribution in [0.25, 0.3) is 11.3 Å². The van der Waals surface area contributed by atoms with Crippen LogP contribution >= 0.6 is 15.9 Å². The number of nitrogens with zero attached hydrogens (tertiary/aromatic N) is 3. The highest BCUT2D eigenvalue weighted by Gasteiger charge is 2.17. The Morgan fingerprint density at radius 2 is 1.82 bits per heavy atom. The van der Waals surface area contributed by atoms with Crippen molar-refractivity contribution < 1.29 is 0 Å². The first kappa shape index (κ1) is 20.3. The van der Waals surface area contributed by atoms with E-state index in [0.717, 1.165) is 39.3 Å². The van der Waals surface area contributed by atoms with Gasteiger partial charge in [0.05, 0.1) is 11.4 Å². The Hall–Kier alpha value is -2.40. The Kier molecular flexibility index (Phi) is 6.35. The molecule has 2 aromatic carbocycles. The molecule has 0 radical (unpaired) electrons. The van der Waals surface area contributed by atoms with E-state index in [-0.39, 0.29) is 0 Å². The van der Waals surface area contributed by atoms with Crippen LogP contribution in [0, 0.1) is 6.92 Å². The van der Waals surface area contributed by atoms with Crippen molar-refractivity contribution in [3.05, 3.63) is 64.3 Å². The molecule has 146 valence electrons. The monoisotopic (exact) mass is 438 g/mol. The molecule has 0 atom stereocenters. The van der Waals surface area contributed by atoms with Gasteiger partial charge in [-0.15, -0.1) is 0 Å². The number of anilines is 3. The van der Waals surface area contributed by atoms with Gasteiger partial charge in [0.15, 0.2) is 0 Å². The maximum Gasteiger partial charge on any atom is 0.230 e. The second-order valence-electron chi connectivity index (χ2n) is 7.10. The van der Waals surface area contributed by atoms with Crippen LogP contribution in [0.15, 0.2) is 53.0 Å². The lowest BCUT2D eigenvalue weighted by atomic mass is 10.0. The van der Waals surface area contributed by atoms with Crippen molar-refractivity contribution in [1.29, 1.82) is 0 Å². The minimum Gasteiger partial charge on any atom is -0.388 e. The van der Waals surface area contributed by atoms with Crippen molar-refractivity contribution >= 4 is 33.3 Å². The summed E-state index contributed by atoms with van der Waals surface area (Å²) < 4.78 is 1.06. The summed E-state index contributed by atoms with van der Waals surface area (Å²) in [5.41, 5.74) is 6.37. The van der Waals surface area contributed by atoms with Gasteiger partial charge in [0, 0.05) is 35.0 Å². The third-order valence-electron chi connectivity index (χ3n) is 4.80. The van der Waals surface area contributed by atoms with Crippen molar-refractivity contribution in [2.24, 2.45) is 0 Å². The van der Waals surface area contributed by atoms with Crippen molar-refractivity contribution in [3.63, 3.8) is 0 Å². The van der Waals surface area contributed by atoms with Crippen molar-refractivity contribution in [2.45, 2.75) is 33.6 Å². The van der Waals surface area contributed by atoms with Gasteiger partial charge in [-0.25, -0.2) is 9.97 Å². The number of aryl methyl sites for hydroxylation is 1. The summed E-state index contributed by atoms with van der Waals surface area (Å²) in [6, 6.07) is 16.8. The number of nitrogens with one attached hydrogen (secondary N) is 1. The van der Waals surface area contributed by atoms with E-state index in [0.29, 0.717) is 11.9 Å². The predicted molar refractivity (Wildman–Crippen MR) is 123 cm³/mol. The molecule has 1 N–H and O–H groups in total. The van der Waals surface area contributed by atoms with Crippen LogP contribution < -0.4 is 10.2 Å². The molecule has 0 saturated heterocycles. The number of para-hydroxylation sites is 1. The lowest BCUT2D eigenvalue weighted by Gasteiger charge is -2.24. The fraction of sp³-hybridized carbons (Fsp3) is 0.304. The summed E-state index contributed by atoms with van der Waals surface area (Å²) >= 11 is 3.75. The zero-order valence-corrected chi connectivity index (χ0v) is 18.7. The zero-order valence-electron chi connectivity index (χ0n) is 17.1. The molecule has 0 aliphatic carbocycles. The fourth-order valence-electron chi connectivity index (χ4n) is 3.26. The third-order valence-corrected chi connectivity index (χ3v) is 5.44. The minimum atomic E-state index is 0.486. The van der Waals surface area contributed by atoms with E-state index >= 15 is 0 Å². The Bertz CT molecular complexity index is 969. The maximum absolute atomic E-state index is 4.91. The van der Waals surface area contributed by atoms with E-state index in [4.69, 9.17) is 9.97 Å². The Morgan fingerprint density at radius 1 is 1.07 bits per heavy atom. The highest BCUT2D eigenvalue weighted by molar-refractivity contribution is 9.10. The van der Waals surface area contributed by atoms with E-state index in [1.165, 1.54) is 5.56 Å². The highest BCUT2D eigenvalue weighted by atomic mass is 79.9. The maximum atomic E-state index is 4.91. The standard InChI is InChI=1S/C23H27BrN4/c1-6-28(22-12-11-17(15(2)3)14-19(22)24)23-26-16(4)13-21(27-23)18-9-7-8-10-20(18)25-5/h7-15,25H,6H2,1-5H3. The molecule has 0 aliphatic heterocycles. The topological polar surface area (TPSA) is 41.1 Å². The van der Waals surface area contributed by atoms with Gasteiger partial charge in [-0.05, 0) is 65.5 Å². The lowest BCUT2D eigenvalue weighted by molar-refractivity contribution is 0.863. The molecule has 1 aromatic heterocycles. The van der Waals surface area contributed by atoms with Gasteiger partial charge in [0.2, 0.25) is 5.95 Å². The van der Waals surface area contributed by atoms with Crippen LogP contribution in [0.3, 0.4) is 0 Å². The summed E-state index contributed by atoms with van der Waals surface area (Å²) in [5.74, 6) is 1.20. The van der Waals surface area contributed by atoms with Gasteiger partial charge in [-0.2, -0.15) is 0 Å². The number of hydrogen-bond acceptors (Lipinski definition) is 4. The lowest BCUT2D eigenvalue weighted by Crippen LogP contribution is -2.20. The first-order valence-electron chi connectivity index (χ1n) is 9.64. The summed E-state index contributed by atoms with van der Waals surface area (Å²) in [4.78, 5) is 11.8. The summed E-state index contributed by atoms with van der Waals surface area (Å²) in [6.45, 7) is 9.32. The van der Waals surface area contributed by atoms with Gasteiger partial charge >= 0.3 is 0 Å². The molecule has 5 heteroatoms. The second kappa shape index (κ2) is 8.74. The van der Waals surface area contributed by atoms with E-state index in [1.54, 1.807) is 0 Å². The second-order valence-corrected chi connectivity index (χ2v) is 7.95. The van der Waals surface area contributed by atoms with E-state index in [9.17, 15) is 0 Å². The third kappa shape index (κ3) is 4.20. The van der Waals surface area contributed by atoms with Crippen LogP contribution in [0.4, 0.5) is 17.3 Å². The van der Waals surface area contributed by atoms with E-state index in [1.807, 2.05) is 32.2 Å². The molecule has 28 heavy (non-hydrogen) atoms. The van der Waals surface area contributed by atoms with Crippen LogP contribution in [-0.2, 0) is 0 Å². The molecule has 0 saturated carbocycles. The minimum absolute atomic E-state index is 0.486. The van der Waals surface area contributed by atoms with Crippen LogP contribution in [0.2, 0.25) is 0 Å². The van der Waals surface area contributed by atoms with Gasteiger partial charge in [-0.3, -0.25) is 0 Å². The Labute approximate surface area is 176 Å². The summed E-state index contributed by atoms with van der Waals surface area (Å²) in [6.07, 6.45) is 0. The highest BCUT2D eigenvalue weighted by Crippen LogP contribution is 2.34. The van der Waals surface area contributed by atoms with Gasteiger partial charge in [0.25, 0.3) is 0 Å². The van der Waals surface area contributed by atoms with Crippen LogP contribution in [0.1, 0.15) is 37.9 Å². The number of aromatic nitrogens is 2. The first-order chi connectivity index (χ1) is 13.4. The fourth-order valence-corrected chi connectivity index (χ4v) is 3.87. The molecule has 1 heterocycles. The number of halogens is 1. The SMILES string of the molecule is CCN(c1nc(C)cc(-c2ccccc2NC)n1)c1ccc(C(C)C)cc1Br. The molecule has 0 unspecified atom stereocenters. The van der Waals surface area contributed by atoms with Crippen molar-refractivity contribution in [3.8, 4) is 11.3 Å². The Balaban J connectivity index is 2.08. The molecule has 0 aliphatic rings. The molecule has 3 aromatic rings. The predicted octanol–water partition coefficient (Wildman–Crippen LogP) is 6.54. The molecular weight excluding hydrogens is 412 g/mol. The number of hydrogen-bond donors (Lipinski definition) is 1. The summed E-state index contributed by atoms with van der Waals surface area (Å²) in [5, 5.41) is 3.25. The summed E-state index contributed by atoms with van der Waals surface area (Å²) in [7, 11) is 1.93.